The summed E-state index contributed by atoms with van der Waals surface area (Å²) in [7, 11) is 0. The fraction of sp³-hybridized carbons (Fsp3) is 0.818. The smallest absolute Gasteiger partial charge is 2.00 e. The van der Waals surface area contributed by atoms with Crippen LogP contribution in [0, 0.1) is 0 Å². The van der Waals surface area contributed by atoms with Gasteiger partial charge in [-0.1, -0.05) is 12.8 Å². The summed E-state index contributed by atoms with van der Waals surface area (Å²) in [5.74, 6) is -2.15. The van der Waals surface area contributed by atoms with Gasteiger partial charge in [-0.3, -0.25) is 9.59 Å². The monoisotopic (exact) mass is 676 g/mol. The van der Waals surface area contributed by atoms with Gasteiger partial charge in [-0.25, -0.2) is 0 Å². The van der Waals surface area contributed by atoms with Crippen LogP contribution in [0.4, 0.5) is 0 Å². The quantitative estimate of drug-likeness (QED) is 0.0420. The number of carbonyl (C=O) groups is 4. The van der Waals surface area contributed by atoms with Gasteiger partial charge in [0, 0.05) is 23.3 Å². The van der Waals surface area contributed by atoms with E-state index in [2.05, 4.69) is 61.1 Å². The molecule has 4 N–H and O–H groups in total. The average molecular weight is 678 g/mol. The maximum Gasteiger partial charge on any atom is 2.00 e. The predicted molar refractivity (Wildman–Crippen MR) is 155 cm³/mol. The van der Waals surface area contributed by atoms with Crippen molar-refractivity contribution in [3.63, 3.8) is 0 Å². The Labute approximate surface area is 282 Å². The molecule has 10 nitrogen and oxygen atoms in total. The maximum absolute atomic E-state index is 11.3. The van der Waals surface area contributed by atoms with E-state index in [0.29, 0.717) is 23.3 Å². The largest absolute Gasteiger partial charge is 2.00 e. The van der Waals surface area contributed by atoms with Crippen LogP contribution in [0.15, 0.2) is 0 Å². The second-order valence-corrected chi connectivity index (χ2v) is 10.4. The van der Waals surface area contributed by atoms with Gasteiger partial charge in [0.15, 0.2) is 0 Å². The average Bonchev–Trinajstić information content (AvgIpc) is 2.82. The molecule has 0 aliphatic heterocycles. The molecule has 4 atom stereocenters. The molecule has 2 unspecified atom stereocenters. The number of carboxylic acids is 2. The Kier molecular flexibility index (Phi) is 37.1. The third kappa shape index (κ3) is 28.4. The minimum Gasteiger partial charge on any atom is 2.00 e. The summed E-state index contributed by atoms with van der Waals surface area (Å²) in [5.41, 5.74) is 0. The fourth-order valence-electron chi connectivity index (χ4n) is 2.81. The number of nitrogens with one attached hydrogen (secondary N) is 2. The Hall–Kier alpha value is 0.823. The van der Waals surface area contributed by atoms with Crippen molar-refractivity contribution in [2.45, 2.75) is 86.8 Å². The van der Waals surface area contributed by atoms with Crippen LogP contribution in [0.5, 0.6) is 0 Å². The molecule has 16 heteroatoms. The number of carbonyl (C=O) groups excluding carboxylic acids is 4. The van der Waals surface area contributed by atoms with E-state index < -0.39 is 37.2 Å². The van der Waals surface area contributed by atoms with Gasteiger partial charge in [0.1, 0.15) is 0 Å². The van der Waals surface area contributed by atoms with Gasteiger partial charge in [0.25, 0.3) is 0 Å². The number of hydrogen-bond donors (Lipinski definition) is 8. The minimum atomic E-state index is -1.48. The molecule has 38 heavy (non-hydrogen) atoms. The number of aliphatic carboxylic acids is 2. The van der Waals surface area contributed by atoms with Crippen molar-refractivity contribution < 1.29 is 59.1 Å². The molecule has 0 radical (unpaired) electrons. The zero-order valence-corrected chi connectivity index (χ0v) is 27.6. The number of aliphatic hydroxyl groups is 2. The standard InChI is InChI=1S/2C11H21NO4S2.Na.Zn.H/c2*13-7-9(11(15)16)12-10(14)4-2-1-3-8(18)5-6-17;;;/h2*8-9,13,17-18H,1-7H2,(H,12,14)(H,15,16);;;/q;;;+2;/p-2/t2*8?,9-;;;/m00.../s1. The first-order valence-electron chi connectivity index (χ1n) is 11.8. The van der Waals surface area contributed by atoms with E-state index in [9.17, 15) is 29.4 Å². The van der Waals surface area contributed by atoms with Crippen molar-refractivity contribution in [2.75, 3.05) is 24.7 Å². The van der Waals surface area contributed by atoms with E-state index in [1.807, 2.05) is 0 Å². The molecular weight excluding hydrogens is 637 g/mol. The van der Waals surface area contributed by atoms with E-state index in [4.69, 9.17) is 10.2 Å². The molecule has 214 valence electrons. The van der Waals surface area contributed by atoms with E-state index in [-0.39, 0.29) is 73.7 Å². The zero-order valence-electron chi connectivity index (χ0n) is 21.0. The number of amides is 2. The van der Waals surface area contributed by atoms with Crippen molar-refractivity contribution in [3.05, 3.63) is 0 Å². The van der Waals surface area contributed by atoms with Crippen LogP contribution in [-0.4, -0.2) is 111 Å². The Balaban J connectivity index is -0.000000289. The van der Waals surface area contributed by atoms with Crippen molar-refractivity contribution in [1.29, 1.82) is 0 Å². The number of aliphatic hydroxyl groups excluding tert-OH is 2. The molecule has 0 heterocycles. The maximum atomic E-state index is 11.3. The SMILES string of the molecule is O=C(CCCCC(S)CCS)N[C@@H](CO)C(=O)[O-].O=C(CCCCC(S)CCS)N[C@@H](CO)C(=O)[O-].[NaH].[Zn+2]. The third-order valence-corrected chi connectivity index (χ3v) is 6.46. The van der Waals surface area contributed by atoms with E-state index >= 15 is 0 Å². The Bertz CT molecular complexity index is 592. The zero-order chi connectivity index (χ0) is 27.9. The summed E-state index contributed by atoms with van der Waals surface area (Å²) in [6.45, 7) is -1.32. The summed E-state index contributed by atoms with van der Waals surface area (Å²) in [6, 6.07) is -2.64. The molecule has 0 spiro atoms. The summed E-state index contributed by atoms with van der Waals surface area (Å²) in [6.07, 6.45) is 7.18. The van der Waals surface area contributed by atoms with E-state index in [1.165, 1.54) is 0 Å². The van der Waals surface area contributed by atoms with Crippen LogP contribution >= 0.6 is 50.5 Å². The van der Waals surface area contributed by atoms with Crippen molar-refractivity contribution >= 4 is 104 Å². The third-order valence-electron chi connectivity index (χ3n) is 4.91. The number of carboxylic acid groups (broad SMARTS) is 2. The van der Waals surface area contributed by atoms with Crippen molar-refractivity contribution in [1.82, 2.24) is 10.6 Å². The Morgan fingerprint density at radius 2 is 0.974 bits per heavy atom. The van der Waals surface area contributed by atoms with Crippen LogP contribution in [0.2, 0.25) is 0 Å². The topological polar surface area (TPSA) is 179 Å². The first kappa shape index (κ1) is 45.8. The summed E-state index contributed by atoms with van der Waals surface area (Å²) < 4.78 is 0. The molecule has 0 aromatic rings. The number of hydrogen-bond acceptors (Lipinski definition) is 12. The summed E-state index contributed by atoms with van der Waals surface area (Å²) >= 11 is 16.9. The minimum absolute atomic E-state index is 0. The summed E-state index contributed by atoms with van der Waals surface area (Å²) in [5, 5.41) is 43.3. The molecule has 0 fully saturated rings. The van der Waals surface area contributed by atoms with Gasteiger partial charge in [-0.05, 0) is 50.0 Å². The van der Waals surface area contributed by atoms with Gasteiger partial charge in [0.05, 0.1) is 37.2 Å². The molecule has 0 aliphatic rings. The second kappa shape index (κ2) is 30.8. The molecular formula is C22H41N2NaO8S4Zn. The van der Waals surface area contributed by atoms with Crippen LogP contribution < -0.4 is 20.8 Å². The van der Waals surface area contributed by atoms with Crippen LogP contribution in [0.1, 0.15) is 64.2 Å². The summed E-state index contributed by atoms with van der Waals surface area (Å²) in [4.78, 5) is 43.6. The first-order chi connectivity index (χ1) is 17.0. The number of unbranched alkanes of at least 4 members (excludes halogenated alkanes) is 2. The molecule has 0 aromatic carbocycles. The predicted octanol–water partition coefficient (Wildman–Crippen LogP) is -1.87. The number of rotatable bonds is 20. The normalized spacial score (nSPS) is 13.2. The van der Waals surface area contributed by atoms with Crippen LogP contribution in [0.3, 0.4) is 0 Å². The van der Waals surface area contributed by atoms with E-state index in [0.717, 1.165) is 50.0 Å². The van der Waals surface area contributed by atoms with Crippen molar-refractivity contribution in [2.24, 2.45) is 0 Å². The molecule has 0 aromatic heterocycles. The fourth-order valence-corrected chi connectivity index (χ4v) is 4.46. The van der Waals surface area contributed by atoms with Crippen molar-refractivity contribution in [3.8, 4) is 0 Å². The van der Waals surface area contributed by atoms with Crippen LogP contribution in [-0.2, 0) is 38.7 Å². The van der Waals surface area contributed by atoms with Crippen LogP contribution in [0.25, 0.3) is 0 Å². The molecule has 0 aliphatic carbocycles. The second-order valence-electron chi connectivity index (χ2n) is 8.07. The molecule has 0 rings (SSSR count). The molecule has 0 bridgehead atoms. The van der Waals surface area contributed by atoms with Gasteiger partial charge in [-0.2, -0.15) is 50.5 Å². The first-order valence-corrected chi connectivity index (χ1v) is 14.1. The Morgan fingerprint density at radius 3 is 1.21 bits per heavy atom. The number of thiol groups is 4. The Morgan fingerprint density at radius 1 is 0.658 bits per heavy atom. The van der Waals surface area contributed by atoms with E-state index in [1.54, 1.807) is 0 Å². The van der Waals surface area contributed by atoms with Gasteiger partial charge >= 0.3 is 49.0 Å². The van der Waals surface area contributed by atoms with Gasteiger partial charge in [0.2, 0.25) is 11.8 Å². The van der Waals surface area contributed by atoms with Gasteiger partial charge in [-0.15, -0.1) is 0 Å². The molecule has 0 saturated carbocycles. The molecule has 2 amide bonds. The van der Waals surface area contributed by atoms with Gasteiger partial charge < -0.3 is 40.6 Å². The molecule has 0 saturated heterocycles.